The monoisotopic (exact) mass is 402 g/mol. The van der Waals surface area contributed by atoms with E-state index in [4.69, 9.17) is 21.1 Å². The lowest BCUT2D eigenvalue weighted by atomic mass is 10.1. The molecule has 0 aliphatic carbocycles. The molecule has 6 nitrogen and oxygen atoms in total. The van der Waals surface area contributed by atoms with Crippen molar-refractivity contribution in [3.8, 4) is 5.75 Å². The third-order valence-corrected chi connectivity index (χ3v) is 4.41. The average Bonchev–Trinajstić information content (AvgIpc) is 3.00. The molecule has 1 aromatic rings. The number of ether oxygens (including phenoxy) is 2. The molecule has 0 aromatic heterocycles. The van der Waals surface area contributed by atoms with Crippen molar-refractivity contribution in [2.24, 2.45) is 5.92 Å². The molecule has 1 heterocycles. The molecule has 152 valence electrons. The number of amides is 1. The molecule has 0 bridgehead atoms. The Morgan fingerprint density at radius 3 is 2.89 bits per heavy atom. The molecule has 2 atom stereocenters. The lowest BCUT2D eigenvalue weighted by molar-refractivity contribution is 0.0516. The smallest absolute Gasteiger partial charge is 0.407 e. The first-order chi connectivity index (χ1) is 12.6. The number of hydrogen-bond donors (Lipinski definition) is 2. The molecule has 2 N–H and O–H groups in total. The van der Waals surface area contributed by atoms with Crippen LogP contribution < -0.4 is 10.1 Å². The molecule has 1 saturated heterocycles. The highest BCUT2D eigenvalue weighted by molar-refractivity contribution is 6.30. The van der Waals surface area contributed by atoms with Crippen LogP contribution in [0.25, 0.3) is 0 Å². The summed E-state index contributed by atoms with van der Waals surface area (Å²) in [6.07, 6.45) is -0.169. The molecule has 27 heavy (non-hydrogen) atoms. The fourth-order valence-corrected chi connectivity index (χ4v) is 3.01. The summed E-state index contributed by atoms with van der Waals surface area (Å²) < 4.78 is 24.0. The summed E-state index contributed by atoms with van der Waals surface area (Å²) in [6, 6.07) is 4.18. The van der Waals surface area contributed by atoms with Crippen molar-refractivity contribution < 1.29 is 23.8 Å². The molecular formula is C19H28ClFN2O4. The van der Waals surface area contributed by atoms with Gasteiger partial charge in [0.15, 0.2) is 0 Å². The van der Waals surface area contributed by atoms with Gasteiger partial charge in [-0.05, 0) is 51.8 Å². The lowest BCUT2D eigenvalue weighted by Gasteiger charge is -2.22. The maximum atomic E-state index is 13.4. The van der Waals surface area contributed by atoms with Gasteiger partial charge in [-0.15, -0.1) is 0 Å². The van der Waals surface area contributed by atoms with E-state index in [0.29, 0.717) is 24.8 Å². The number of likely N-dealkylation sites (tertiary alicyclic amines) is 1. The first-order valence-electron chi connectivity index (χ1n) is 9.07. The third kappa shape index (κ3) is 7.91. The van der Waals surface area contributed by atoms with E-state index in [0.717, 1.165) is 19.5 Å². The van der Waals surface area contributed by atoms with Crippen molar-refractivity contribution in [1.82, 2.24) is 10.2 Å². The Morgan fingerprint density at radius 2 is 2.22 bits per heavy atom. The van der Waals surface area contributed by atoms with Crippen LogP contribution in [0.5, 0.6) is 5.75 Å². The second-order valence-electron chi connectivity index (χ2n) is 7.84. The number of nitrogens with one attached hydrogen (secondary N) is 1. The van der Waals surface area contributed by atoms with E-state index in [2.05, 4.69) is 10.2 Å². The van der Waals surface area contributed by atoms with Crippen molar-refractivity contribution >= 4 is 17.7 Å². The summed E-state index contributed by atoms with van der Waals surface area (Å²) in [6.45, 7) is 8.17. The Bertz CT molecular complexity index is 639. The zero-order chi connectivity index (χ0) is 20.0. The first-order valence-corrected chi connectivity index (χ1v) is 9.45. The fraction of sp³-hybridized carbons (Fsp3) is 0.632. The summed E-state index contributed by atoms with van der Waals surface area (Å²) in [5, 5.41) is 13.0. The number of aliphatic hydroxyl groups is 1. The maximum Gasteiger partial charge on any atom is 0.407 e. The highest BCUT2D eigenvalue weighted by atomic mass is 35.5. The lowest BCUT2D eigenvalue weighted by Crippen LogP contribution is -2.37. The SMILES string of the molecule is CC(C)(C)OC(=O)NCC1CCN(CC(O)COc2ccc(Cl)c(F)c2)C1. The number of nitrogens with zero attached hydrogens (tertiary/aromatic N) is 1. The second kappa shape index (κ2) is 9.57. The van der Waals surface area contributed by atoms with Crippen LogP contribution in [0, 0.1) is 11.7 Å². The van der Waals surface area contributed by atoms with E-state index in [-0.39, 0.29) is 11.6 Å². The Labute approximate surface area is 164 Å². The van der Waals surface area contributed by atoms with E-state index in [1.54, 1.807) is 6.07 Å². The molecule has 0 saturated carbocycles. The summed E-state index contributed by atoms with van der Waals surface area (Å²) in [5.41, 5.74) is -0.511. The van der Waals surface area contributed by atoms with Gasteiger partial charge in [-0.2, -0.15) is 0 Å². The van der Waals surface area contributed by atoms with E-state index in [1.165, 1.54) is 12.1 Å². The van der Waals surface area contributed by atoms with Crippen molar-refractivity contribution in [3.05, 3.63) is 29.0 Å². The number of carbonyl (C=O) groups excluding carboxylic acids is 1. The van der Waals surface area contributed by atoms with Crippen LogP contribution in [-0.4, -0.2) is 60.6 Å². The predicted octanol–water partition coefficient (Wildman–Crippen LogP) is 3.07. The van der Waals surface area contributed by atoms with Gasteiger partial charge in [-0.25, -0.2) is 9.18 Å². The summed E-state index contributed by atoms with van der Waals surface area (Å²) >= 11 is 5.63. The molecule has 0 spiro atoms. The number of carbonyl (C=O) groups is 1. The topological polar surface area (TPSA) is 71.0 Å². The van der Waals surface area contributed by atoms with Gasteiger partial charge in [-0.3, -0.25) is 0 Å². The van der Waals surface area contributed by atoms with E-state index in [1.807, 2.05) is 20.8 Å². The van der Waals surface area contributed by atoms with Crippen molar-refractivity contribution in [2.45, 2.75) is 38.9 Å². The average molecular weight is 403 g/mol. The van der Waals surface area contributed by atoms with Gasteiger partial charge >= 0.3 is 6.09 Å². The number of β-amino-alcohol motifs (C(OH)–C–C–N with tert-alkyl or cyclic N) is 1. The number of alkyl carbamates (subject to hydrolysis) is 1. The highest BCUT2D eigenvalue weighted by Gasteiger charge is 2.25. The normalized spacial score (nSPS) is 19.0. The third-order valence-electron chi connectivity index (χ3n) is 4.11. The molecule has 1 aromatic carbocycles. The predicted molar refractivity (Wildman–Crippen MR) is 102 cm³/mol. The Balaban J connectivity index is 1.66. The van der Waals surface area contributed by atoms with E-state index >= 15 is 0 Å². The summed E-state index contributed by atoms with van der Waals surface area (Å²) in [5.74, 6) is 0.0938. The summed E-state index contributed by atoms with van der Waals surface area (Å²) in [4.78, 5) is 13.8. The quantitative estimate of drug-likeness (QED) is 0.733. The van der Waals surface area contributed by atoms with Crippen LogP contribution >= 0.6 is 11.6 Å². The van der Waals surface area contributed by atoms with Gasteiger partial charge in [0.2, 0.25) is 0 Å². The first kappa shape index (κ1) is 21.7. The second-order valence-corrected chi connectivity index (χ2v) is 8.25. The minimum Gasteiger partial charge on any atom is -0.491 e. The Kier molecular flexibility index (Phi) is 7.70. The molecule has 8 heteroatoms. The van der Waals surface area contributed by atoms with Gasteiger partial charge < -0.3 is 24.8 Å². The van der Waals surface area contributed by atoms with Crippen LogP contribution in [0.4, 0.5) is 9.18 Å². The van der Waals surface area contributed by atoms with E-state index < -0.39 is 23.6 Å². The fourth-order valence-electron chi connectivity index (χ4n) is 2.90. The number of halogens is 2. The van der Waals surface area contributed by atoms with Crippen LogP contribution in [0.1, 0.15) is 27.2 Å². The summed E-state index contributed by atoms with van der Waals surface area (Å²) in [7, 11) is 0. The zero-order valence-corrected chi connectivity index (χ0v) is 16.8. The number of hydrogen-bond acceptors (Lipinski definition) is 5. The number of benzene rings is 1. The van der Waals surface area contributed by atoms with Crippen molar-refractivity contribution in [3.63, 3.8) is 0 Å². The van der Waals surface area contributed by atoms with Gasteiger partial charge in [0, 0.05) is 25.7 Å². The number of rotatable bonds is 7. The number of aliphatic hydroxyl groups excluding tert-OH is 1. The minimum atomic E-state index is -0.693. The molecule has 2 unspecified atom stereocenters. The molecule has 1 amide bonds. The van der Waals surface area contributed by atoms with Crippen LogP contribution in [0.3, 0.4) is 0 Å². The maximum absolute atomic E-state index is 13.4. The van der Waals surface area contributed by atoms with Gasteiger partial charge in [-0.1, -0.05) is 11.6 Å². The Morgan fingerprint density at radius 1 is 1.48 bits per heavy atom. The zero-order valence-electron chi connectivity index (χ0n) is 16.0. The van der Waals surface area contributed by atoms with E-state index in [9.17, 15) is 14.3 Å². The Hall–Kier alpha value is -1.57. The molecule has 1 fully saturated rings. The largest absolute Gasteiger partial charge is 0.491 e. The molecule has 0 radical (unpaired) electrons. The van der Waals surface area contributed by atoms with Gasteiger partial charge in [0.1, 0.15) is 29.9 Å². The van der Waals surface area contributed by atoms with Crippen molar-refractivity contribution in [1.29, 1.82) is 0 Å². The van der Waals surface area contributed by atoms with Crippen LogP contribution in [0.15, 0.2) is 18.2 Å². The molecule has 2 rings (SSSR count). The van der Waals surface area contributed by atoms with Crippen LogP contribution in [-0.2, 0) is 4.74 Å². The van der Waals surface area contributed by atoms with Crippen LogP contribution in [0.2, 0.25) is 5.02 Å². The van der Waals surface area contributed by atoms with Crippen molar-refractivity contribution in [2.75, 3.05) is 32.8 Å². The van der Waals surface area contributed by atoms with Gasteiger partial charge in [0.05, 0.1) is 5.02 Å². The van der Waals surface area contributed by atoms with Gasteiger partial charge in [0.25, 0.3) is 0 Å². The minimum absolute atomic E-state index is 0.0333. The molecular weight excluding hydrogens is 375 g/mol. The highest BCUT2D eigenvalue weighted by Crippen LogP contribution is 2.21. The standard InChI is InChI=1S/C19H28ClFN2O4/c1-19(2,3)27-18(25)22-9-13-6-7-23(10-13)11-14(24)12-26-15-4-5-16(20)17(21)8-15/h4-5,8,13-14,24H,6-7,9-12H2,1-3H3,(H,22,25). The molecule has 1 aliphatic rings. The molecule has 1 aliphatic heterocycles.